The van der Waals surface area contributed by atoms with E-state index in [1.165, 1.54) is 0 Å². The van der Waals surface area contributed by atoms with Crippen molar-refractivity contribution >= 4 is 34.2 Å². The Hall–Kier alpha value is -1.84. The van der Waals surface area contributed by atoms with Crippen LogP contribution in [-0.4, -0.2) is 60.2 Å². The van der Waals surface area contributed by atoms with E-state index in [9.17, 15) is 9.32 Å². The number of aliphatic hydroxyl groups is 1. The number of hydrogen-bond donors (Lipinski definition) is 2. The third kappa shape index (κ3) is 3.30. The van der Waals surface area contributed by atoms with Gasteiger partial charge < -0.3 is 15.3 Å². The minimum Gasteiger partial charge on any atom is -0.394 e. The lowest BCUT2D eigenvalue weighted by atomic mass is 9.77. The Kier molecular flexibility index (Phi) is 4.78. The molecule has 10 heteroatoms. The molecule has 2 aromatic rings. The maximum atomic E-state index is 13.1. The van der Waals surface area contributed by atoms with Crippen LogP contribution in [0.1, 0.15) is 62.4 Å². The number of rotatable bonds is 5. The predicted octanol–water partition coefficient (Wildman–Crippen LogP) is 3.03. The summed E-state index contributed by atoms with van der Waals surface area (Å²) in [4.78, 5) is 22.1. The number of halogens is 1. The van der Waals surface area contributed by atoms with Gasteiger partial charge in [-0.25, -0.2) is 15.0 Å². The Morgan fingerprint density at radius 1 is 1.12 bits per heavy atom. The van der Waals surface area contributed by atoms with Gasteiger partial charge in [0, 0.05) is 42.6 Å². The number of aliphatic hydroxyl groups excluding tert-OH is 1. The summed E-state index contributed by atoms with van der Waals surface area (Å²) in [6.07, 6.45) is 10.6. The van der Waals surface area contributed by atoms with Crippen LogP contribution in [0.25, 0.3) is 0 Å². The first kappa shape index (κ1) is 21.4. The average Bonchev–Trinajstić information content (AvgIpc) is 3.16. The molecule has 8 nitrogen and oxygen atoms in total. The third-order valence-electron chi connectivity index (χ3n) is 8.88. The molecule has 2 N–H and O–H groups in total. The zero-order valence-electron chi connectivity index (χ0n) is 19.0. The highest BCUT2D eigenvalue weighted by atomic mass is 35.5. The molecule has 0 aromatic carbocycles. The molecule has 0 radical (unpaired) electrons. The van der Waals surface area contributed by atoms with E-state index in [0.717, 1.165) is 80.4 Å². The molecular weight excluding hydrogens is 472 g/mol. The van der Waals surface area contributed by atoms with Gasteiger partial charge >= 0.3 is 0 Å². The van der Waals surface area contributed by atoms with Crippen molar-refractivity contribution in [2.75, 3.05) is 35.7 Å². The maximum absolute atomic E-state index is 13.1. The summed E-state index contributed by atoms with van der Waals surface area (Å²) >= 11 is 5.97. The van der Waals surface area contributed by atoms with Crippen LogP contribution < -0.4 is 10.2 Å². The van der Waals surface area contributed by atoms with Crippen LogP contribution >= 0.6 is 11.6 Å². The second-order valence-corrected chi connectivity index (χ2v) is 12.9. The first-order chi connectivity index (χ1) is 16.5. The first-order valence-corrected chi connectivity index (χ1v) is 14.1. The van der Waals surface area contributed by atoms with Crippen LogP contribution in [0.4, 0.5) is 11.8 Å². The van der Waals surface area contributed by atoms with Crippen molar-refractivity contribution in [2.45, 2.75) is 66.7 Å². The SMILES string of the molecule is O=[S@@]1CC2(CC2)c2nc(N3CC4CC(c5ncc(Cl)cn5)CC4C3)nc(NC3(CO)CCC3)c21. The fourth-order valence-electron chi connectivity index (χ4n) is 6.55. The zero-order valence-corrected chi connectivity index (χ0v) is 20.6. The average molecular weight is 501 g/mol. The number of nitrogens with one attached hydrogen (secondary N) is 1. The second-order valence-electron chi connectivity index (χ2n) is 11.1. The molecule has 0 amide bonds. The van der Waals surface area contributed by atoms with Gasteiger partial charge in [-0.1, -0.05) is 11.6 Å². The van der Waals surface area contributed by atoms with E-state index in [4.69, 9.17) is 21.6 Å². The van der Waals surface area contributed by atoms with Crippen LogP contribution in [0.15, 0.2) is 17.3 Å². The van der Waals surface area contributed by atoms with Crippen molar-refractivity contribution in [2.24, 2.45) is 11.8 Å². The van der Waals surface area contributed by atoms with E-state index in [1.54, 1.807) is 12.4 Å². The summed E-state index contributed by atoms with van der Waals surface area (Å²) in [5.41, 5.74) is 0.638. The van der Waals surface area contributed by atoms with E-state index in [2.05, 4.69) is 20.2 Å². The van der Waals surface area contributed by atoms with Crippen LogP contribution in [0.5, 0.6) is 0 Å². The van der Waals surface area contributed by atoms with Crippen molar-refractivity contribution in [3.8, 4) is 0 Å². The Labute approximate surface area is 206 Å². The smallest absolute Gasteiger partial charge is 0.227 e. The number of fused-ring (bicyclic) bond motifs is 3. The number of anilines is 2. The van der Waals surface area contributed by atoms with Crippen molar-refractivity contribution < 1.29 is 9.32 Å². The molecule has 3 saturated carbocycles. The molecular formula is C24H29ClN6O2S. The van der Waals surface area contributed by atoms with Crippen LogP contribution in [0.3, 0.4) is 0 Å². The normalized spacial score (nSPS) is 31.9. The Morgan fingerprint density at radius 2 is 1.82 bits per heavy atom. The summed E-state index contributed by atoms with van der Waals surface area (Å²) in [6, 6.07) is 0. The Bertz CT molecular complexity index is 1150. The molecule has 34 heavy (non-hydrogen) atoms. The maximum Gasteiger partial charge on any atom is 0.227 e. The Morgan fingerprint density at radius 3 is 2.41 bits per heavy atom. The molecule has 0 bridgehead atoms. The summed E-state index contributed by atoms with van der Waals surface area (Å²) in [5, 5.41) is 14.2. The predicted molar refractivity (Wildman–Crippen MR) is 130 cm³/mol. The number of nitrogens with zero attached hydrogens (tertiary/aromatic N) is 5. The fraction of sp³-hybridized carbons (Fsp3) is 0.667. The van der Waals surface area contributed by atoms with Crippen molar-refractivity contribution in [1.29, 1.82) is 0 Å². The lowest BCUT2D eigenvalue weighted by Gasteiger charge is -2.41. The quantitative estimate of drug-likeness (QED) is 0.645. The van der Waals surface area contributed by atoms with Crippen LogP contribution in [0.2, 0.25) is 5.02 Å². The van der Waals surface area contributed by atoms with Crippen molar-refractivity contribution in [3.63, 3.8) is 0 Å². The highest BCUT2D eigenvalue weighted by molar-refractivity contribution is 7.85. The monoisotopic (exact) mass is 500 g/mol. The molecule has 7 rings (SSSR count). The van der Waals surface area contributed by atoms with Gasteiger partial charge in [-0.2, -0.15) is 4.98 Å². The molecule has 2 unspecified atom stereocenters. The lowest BCUT2D eigenvalue weighted by Crippen LogP contribution is -2.48. The summed E-state index contributed by atoms with van der Waals surface area (Å²) in [7, 11) is -1.08. The Balaban J connectivity index is 1.16. The molecule has 3 atom stereocenters. The topological polar surface area (TPSA) is 104 Å². The molecule has 1 saturated heterocycles. The van der Waals surface area contributed by atoms with Gasteiger partial charge in [0.1, 0.15) is 16.5 Å². The summed E-state index contributed by atoms with van der Waals surface area (Å²) < 4.78 is 13.1. The largest absolute Gasteiger partial charge is 0.394 e. The lowest BCUT2D eigenvalue weighted by molar-refractivity contribution is 0.143. The third-order valence-corrected chi connectivity index (χ3v) is 10.7. The van der Waals surface area contributed by atoms with Gasteiger partial charge in [-0.05, 0) is 56.8 Å². The fourth-order valence-corrected chi connectivity index (χ4v) is 8.51. The summed E-state index contributed by atoms with van der Waals surface area (Å²) in [5.74, 6) is 4.53. The van der Waals surface area contributed by atoms with Gasteiger partial charge in [0.05, 0.1) is 33.7 Å². The van der Waals surface area contributed by atoms with Gasteiger partial charge in [0.25, 0.3) is 0 Å². The van der Waals surface area contributed by atoms with Crippen molar-refractivity contribution in [3.05, 3.63) is 28.9 Å². The molecule has 2 aliphatic heterocycles. The molecule has 1 spiro atoms. The van der Waals surface area contributed by atoms with E-state index >= 15 is 0 Å². The van der Waals surface area contributed by atoms with Gasteiger partial charge in [0.15, 0.2) is 0 Å². The number of hydrogen-bond acceptors (Lipinski definition) is 8. The minimum absolute atomic E-state index is 0.0209. The summed E-state index contributed by atoms with van der Waals surface area (Å²) in [6.45, 7) is 1.92. The zero-order chi connectivity index (χ0) is 23.1. The van der Waals surface area contributed by atoms with E-state index < -0.39 is 10.8 Å². The van der Waals surface area contributed by atoms with Gasteiger partial charge in [-0.3, -0.25) is 4.21 Å². The number of aromatic nitrogens is 4. The standard InChI is InChI=1S/C24H29ClN6O2S/c25-17-8-26-20(27-9-17)14-6-15-10-31(11-16(15)7-14)22-28-19-18(34(33)13-23(19)4-5-23)21(29-22)30-24(12-32)2-1-3-24/h8-9,14-16,32H,1-7,10-13H2,(H,28,29,30)/t14?,15?,16?,34-/m1/s1. The highest BCUT2D eigenvalue weighted by Gasteiger charge is 2.55. The minimum atomic E-state index is -1.08. The molecule has 2 aromatic heterocycles. The second kappa shape index (κ2) is 7.58. The van der Waals surface area contributed by atoms with Gasteiger partial charge in [0.2, 0.25) is 5.95 Å². The van der Waals surface area contributed by atoms with Crippen LogP contribution in [-0.2, 0) is 16.2 Å². The van der Waals surface area contributed by atoms with E-state index in [0.29, 0.717) is 34.3 Å². The van der Waals surface area contributed by atoms with E-state index in [1.807, 2.05) is 0 Å². The van der Waals surface area contributed by atoms with Crippen molar-refractivity contribution in [1.82, 2.24) is 19.9 Å². The molecule has 4 fully saturated rings. The van der Waals surface area contributed by atoms with Crippen LogP contribution in [0, 0.1) is 11.8 Å². The van der Waals surface area contributed by atoms with Gasteiger partial charge in [-0.15, -0.1) is 0 Å². The molecule has 3 aliphatic carbocycles. The molecule has 5 aliphatic rings. The molecule has 180 valence electrons. The first-order valence-electron chi connectivity index (χ1n) is 12.4. The van der Waals surface area contributed by atoms with E-state index in [-0.39, 0.29) is 17.6 Å². The molecule has 4 heterocycles. The highest BCUT2D eigenvalue weighted by Crippen LogP contribution is 2.56.